The minimum absolute atomic E-state index is 0. The SMILES string of the molecule is CCCCCCCCCC/C=C\CCCCCCCC(=O)O.[Ce].[Ce]. The van der Waals surface area contributed by atoms with Gasteiger partial charge in [0.25, 0.3) is 0 Å². The topological polar surface area (TPSA) is 37.3 Å². The fraction of sp³-hybridized carbons (Fsp3) is 0.850. The minimum atomic E-state index is -0.663. The van der Waals surface area contributed by atoms with Gasteiger partial charge in [-0.25, -0.2) is 0 Å². The van der Waals surface area contributed by atoms with E-state index in [1.807, 2.05) is 0 Å². The second kappa shape index (κ2) is 27.2. The van der Waals surface area contributed by atoms with Crippen LogP contribution in [0.4, 0.5) is 0 Å². The van der Waals surface area contributed by atoms with Crippen LogP contribution >= 0.6 is 0 Å². The van der Waals surface area contributed by atoms with Gasteiger partial charge in [-0.15, -0.1) is 0 Å². The fourth-order valence-electron chi connectivity index (χ4n) is 2.70. The van der Waals surface area contributed by atoms with E-state index in [4.69, 9.17) is 5.11 Å². The first kappa shape index (κ1) is 30.7. The second-order valence-corrected chi connectivity index (χ2v) is 6.44. The molecule has 0 unspecified atom stereocenters. The molecule has 2 nitrogen and oxygen atoms in total. The monoisotopic (exact) mass is 590 g/mol. The Hall–Kier alpha value is 1.96. The van der Waals surface area contributed by atoms with E-state index in [2.05, 4.69) is 19.1 Å². The van der Waals surface area contributed by atoms with Crippen molar-refractivity contribution in [3.63, 3.8) is 0 Å². The molecule has 0 aromatic heterocycles. The van der Waals surface area contributed by atoms with Gasteiger partial charge in [-0.3, -0.25) is 4.79 Å². The smallest absolute Gasteiger partial charge is 0.303 e. The van der Waals surface area contributed by atoms with Crippen molar-refractivity contribution < 1.29 is 93.4 Å². The maximum Gasteiger partial charge on any atom is 0.303 e. The van der Waals surface area contributed by atoms with E-state index in [0.29, 0.717) is 6.42 Å². The number of rotatable bonds is 17. The van der Waals surface area contributed by atoms with Gasteiger partial charge < -0.3 is 5.11 Å². The molecular formula is C20H38Ce2O2. The molecule has 0 spiro atoms. The van der Waals surface area contributed by atoms with Gasteiger partial charge in [-0.1, -0.05) is 83.3 Å². The Morgan fingerprint density at radius 1 is 0.667 bits per heavy atom. The van der Waals surface area contributed by atoms with E-state index < -0.39 is 5.97 Å². The van der Waals surface area contributed by atoms with Crippen molar-refractivity contribution in [1.82, 2.24) is 0 Å². The van der Waals surface area contributed by atoms with E-state index >= 15 is 0 Å². The molecule has 0 aliphatic heterocycles. The van der Waals surface area contributed by atoms with Crippen molar-refractivity contribution in [2.45, 2.75) is 110 Å². The molecule has 0 aliphatic rings. The van der Waals surface area contributed by atoms with E-state index in [9.17, 15) is 4.79 Å². The van der Waals surface area contributed by atoms with Crippen molar-refractivity contribution in [2.75, 3.05) is 0 Å². The van der Waals surface area contributed by atoms with Crippen LogP contribution in [-0.4, -0.2) is 11.1 Å². The molecular weight excluding hydrogens is 552 g/mol. The van der Waals surface area contributed by atoms with E-state index in [1.54, 1.807) is 0 Å². The maximum atomic E-state index is 10.4. The number of carboxylic acids is 1. The van der Waals surface area contributed by atoms with Crippen LogP contribution in [0, 0.1) is 83.5 Å². The summed E-state index contributed by atoms with van der Waals surface area (Å²) in [5.41, 5.74) is 0. The third-order valence-corrected chi connectivity index (χ3v) is 4.15. The summed E-state index contributed by atoms with van der Waals surface area (Å²) in [7, 11) is 0. The molecule has 0 heterocycles. The molecule has 0 aliphatic carbocycles. The minimum Gasteiger partial charge on any atom is -0.481 e. The van der Waals surface area contributed by atoms with Gasteiger partial charge in [-0.05, 0) is 32.1 Å². The Morgan fingerprint density at radius 2 is 1.04 bits per heavy atom. The molecule has 1 N–H and O–H groups in total. The van der Waals surface area contributed by atoms with E-state index in [0.717, 1.165) is 12.8 Å². The summed E-state index contributed by atoms with van der Waals surface area (Å²) in [5.74, 6) is -0.663. The third kappa shape index (κ3) is 28.8. The Labute approximate surface area is 218 Å². The maximum absolute atomic E-state index is 10.4. The summed E-state index contributed by atoms with van der Waals surface area (Å²) in [6.07, 6.45) is 24.2. The predicted octanol–water partition coefficient (Wildman–Crippen LogP) is 6.89. The largest absolute Gasteiger partial charge is 0.481 e. The molecule has 0 saturated carbocycles. The van der Waals surface area contributed by atoms with E-state index in [-0.39, 0.29) is 83.5 Å². The first-order valence-corrected chi connectivity index (χ1v) is 9.64. The van der Waals surface area contributed by atoms with Crippen molar-refractivity contribution in [3.8, 4) is 0 Å². The standard InChI is InChI=1S/C20H38O2.2Ce/c1-2-3-4-5-6-7-8-9-10-11-12-13-14-15-16-17-18-19-20(21)22;;/h11-12H,2-10,13-19H2,1H3,(H,21,22);;/b12-11-;;. The zero-order valence-electron chi connectivity index (χ0n) is 15.8. The van der Waals surface area contributed by atoms with Gasteiger partial charge in [0.2, 0.25) is 0 Å². The zero-order chi connectivity index (χ0) is 16.3. The first-order valence-electron chi connectivity index (χ1n) is 9.64. The molecule has 138 valence electrons. The number of carboxylic acid groups (broad SMARTS) is 1. The van der Waals surface area contributed by atoms with Gasteiger partial charge in [0.05, 0.1) is 0 Å². The molecule has 24 heavy (non-hydrogen) atoms. The average molecular weight is 591 g/mol. The molecule has 0 amide bonds. The number of carbonyl (C=O) groups is 1. The Morgan fingerprint density at radius 3 is 1.46 bits per heavy atom. The molecule has 0 bridgehead atoms. The Kier molecular flexibility index (Phi) is 34.8. The van der Waals surface area contributed by atoms with E-state index in [1.165, 1.54) is 83.5 Å². The Bertz CT molecular complexity index is 268. The number of allylic oxidation sites excluding steroid dienone is 2. The Balaban J connectivity index is -0.00000220. The number of unbranched alkanes of at least 4 members (excludes halogenated alkanes) is 13. The molecule has 0 aromatic rings. The number of hydrogen-bond acceptors (Lipinski definition) is 1. The van der Waals surface area contributed by atoms with Crippen LogP contribution in [0.3, 0.4) is 0 Å². The van der Waals surface area contributed by atoms with Crippen LogP contribution in [0.5, 0.6) is 0 Å². The van der Waals surface area contributed by atoms with Crippen molar-refractivity contribution in [1.29, 1.82) is 0 Å². The number of hydrogen-bond donors (Lipinski definition) is 1. The van der Waals surface area contributed by atoms with Crippen molar-refractivity contribution >= 4 is 5.97 Å². The summed E-state index contributed by atoms with van der Waals surface area (Å²) in [4.78, 5) is 10.4. The normalized spacial score (nSPS) is 10.4. The zero-order valence-corrected chi connectivity index (χ0v) is 22.1. The summed E-state index contributed by atoms with van der Waals surface area (Å²) < 4.78 is 0. The average Bonchev–Trinajstić information content (AvgIpc) is 2.50. The molecule has 0 atom stereocenters. The van der Waals surface area contributed by atoms with Crippen molar-refractivity contribution in [2.24, 2.45) is 0 Å². The van der Waals surface area contributed by atoms with Crippen LogP contribution in [0.1, 0.15) is 110 Å². The van der Waals surface area contributed by atoms with Gasteiger partial charge in [0, 0.05) is 89.9 Å². The first-order chi connectivity index (χ1) is 10.8. The molecule has 0 radical (unpaired) electrons. The van der Waals surface area contributed by atoms with Crippen molar-refractivity contribution in [3.05, 3.63) is 12.2 Å². The number of aliphatic carboxylic acids is 1. The molecule has 4 heteroatoms. The molecule has 0 aromatic carbocycles. The fourth-order valence-corrected chi connectivity index (χ4v) is 2.70. The molecule has 0 rings (SSSR count). The van der Waals surface area contributed by atoms with Crippen LogP contribution in [0.15, 0.2) is 12.2 Å². The quantitative estimate of drug-likeness (QED) is 0.148. The molecule has 0 saturated heterocycles. The predicted molar refractivity (Wildman–Crippen MR) is 96.3 cm³/mol. The summed E-state index contributed by atoms with van der Waals surface area (Å²) in [5, 5.41) is 8.53. The van der Waals surface area contributed by atoms with Crippen LogP contribution in [-0.2, 0) is 4.79 Å². The summed E-state index contributed by atoms with van der Waals surface area (Å²) >= 11 is 0. The summed E-state index contributed by atoms with van der Waals surface area (Å²) in [6, 6.07) is 0. The van der Waals surface area contributed by atoms with Crippen LogP contribution < -0.4 is 0 Å². The third-order valence-electron chi connectivity index (χ3n) is 4.15. The van der Waals surface area contributed by atoms with Gasteiger partial charge in [0.1, 0.15) is 0 Å². The van der Waals surface area contributed by atoms with Gasteiger partial charge in [0.15, 0.2) is 0 Å². The van der Waals surface area contributed by atoms with Gasteiger partial charge >= 0.3 is 5.97 Å². The van der Waals surface area contributed by atoms with Crippen LogP contribution in [0.2, 0.25) is 0 Å². The van der Waals surface area contributed by atoms with Gasteiger partial charge in [-0.2, -0.15) is 0 Å². The van der Waals surface area contributed by atoms with Crippen LogP contribution in [0.25, 0.3) is 0 Å². The second-order valence-electron chi connectivity index (χ2n) is 6.44. The molecule has 0 fully saturated rings. The summed E-state index contributed by atoms with van der Waals surface area (Å²) in [6.45, 7) is 2.27.